The van der Waals surface area contributed by atoms with Crippen LogP contribution in [0, 0.1) is 13.8 Å². The first-order chi connectivity index (χ1) is 11.4. The molecule has 24 heavy (non-hydrogen) atoms. The first-order valence-corrected chi connectivity index (χ1v) is 9.52. The SMILES string of the molecule is Cc1ccc(S(=O)(=O)NCCn2nc3c(cc2=O)CCC3)cc1C. The fourth-order valence-corrected chi connectivity index (χ4v) is 3.96. The summed E-state index contributed by atoms with van der Waals surface area (Å²) in [7, 11) is -3.59. The van der Waals surface area contributed by atoms with Gasteiger partial charge in [0.25, 0.3) is 5.56 Å². The topological polar surface area (TPSA) is 81.1 Å². The van der Waals surface area contributed by atoms with Crippen molar-refractivity contribution < 1.29 is 8.42 Å². The van der Waals surface area contributed by atoms with Crippen LogP contribution in [0.2, 0.25) is 0 Å². The van der Waals surface area contributed by atoms with Crippen molar-refractivity contribution in [2.45, 2.75) is 44.6 Å². The summed E-state index contributed by atoms with van der Waals surface area (Å²) in [6.45, 7) is 4.16. The second-order valence-electron chi connectivity index (χ2n) is 6.18. The largest absolute Gasteiger partial charge is 0.268 e. The quantitative estimate of drug-likeness (QED) is 0.885. The number of hydrogen-bond donors (Lipinski definition) is 1. The molecule has 0 aliphatic heterocycles. The van der Waals surface area contributed by atoms with Crippen molar-refractivity contribution in [3.05, 3.63) is 57.0 Å². The van der Waals surface area contributed by atoms with Crippen LogP contribution in [0.4, 0.5) is 0 Å². The van der Waals surface area contributed by atoms with Crippen molar-refractivity contribution in [2.75, 3.05) is 6.54 Å². The molecule has 0 amide bonds. The van der Waals surface area contributed by atoms with E-state index < -0.39 is 10.0 Å². The summed E-state index contributed by atoms with van der Waals surface area (Å²) in [6.07, 6.45) is 2.80. The number of rotatable bonds is 5. The van der Waals surface area contributed by atoms with Crippen molar-refractivity contribution in [3.8, 4) is 0 Å². The number of aryl methyl sites for hydroxylation is 4. The van der Waals surface area contributed by atoms with E-state index in [4.69, 9.17) is 0 Å². The molecule has 0 saturated carbocycles. The third-order valence-electron chi connectivity index (χ3n) is 4.43. The molecule has 1 heterocycles. The minimum absolute atomic E-state index is 0.126. The third-order valence-corrected chi connectivity index (χ3v) is 5.89. The molecule has 0 saturated heterocycles. The number of aromatic nitrogens is 2. The highest BCUT2D eigenvalue weighted by Gasteiger charge is 2.16. The molecule has 0 atom stereocenters. The van der Waals surface area contributed by atoms with Crippen LogP contribution in [0.25, 0.3) is 0 Å². The average Bonchev–Trinajstić information content (AvgIpc) is 2.97. The molecule has 6 nitrogen and oxygen atoms in total. The van der Waals surface area contributed by atoms with Crippen LogP contribution in [0.15, 0.2) is 34.0 Å². The molecular weight excluding hydrogens is 326 g/mol. The van der Waals surface area contributed by atoms with Crippen molar-refractivity contribution in [3.63, 3.8) is 0 Å². The zero-order valence-corrected chi connectivity index (χ0v) is 14.7. The minimum Gasteiger partial charge on any atom is -0.268 e. The number of sulfonamides is 1. The molecule has 1 aromatic heterocycles. The standard InChI is InChI=1S/C17H21N3O3S/c1-12-6-7-15(10-13(12)2)24(22,23)18-8-9-20-17(21)11-14-4-3-5-16(14)19-20/h6-7,10-11,18H,3-5,8-9H2,1-2H3. The van der Waals surface area contributed by atoms with Gasteiger partial charge in [-0.3, -0.25) is 4.79 Å². The average molecular weight is 347 g/mol. The Morgan fingerprint density at radius 3 is 2.71 bits per heavy atom. The Morgan fingerprint density at radius 2 is 1.96 bits per heavy atom. The number of benzene rings is 1. The van der Waals surface area contributed by atoms with Gasteiger partial charge in [0.1, 0.15) is 0 Å². The van der Waals surface area contributed by atoms with Gasteiger partial charge in [0, 0.05) is 12.6 Å². The number of hydrogen-bond acceptors (Lipinski definition) is 4. The van der Waals surface area contributed by atoms with E-state index in [9.17, 15) is 13.2 Å². The highest BCUT2D eigenvalue weighted by molar-refractivity contribution is 7.89. The summed E-state index contributed by atoms with van der Waals surface area (Å²) in [5.41, 5.74) is 3.76. The van der Waals surface area contributed by atoms with Crippen LogP contribution >= 0.6 is 0 Å². The van der Waals surface area contributed by atoms with Gasteiger partial charge in [-0.2, -0.15) is 5.10 Å². The van der Waals surface area contributed by atoms with E-state index in [0.29, 0.717) is 0 Å². The Balaban J connectivity index is 1.70. The predicted octanol–water partition coefficient (Wildman–Crippen LogP) is 1.33. The summed E-state index contributed by atoms with van der Waals surface area (Å²) >= 11 is 0. The van der Waals surface area contributed by atoms with Gasteiger partial charge in [-0.05, 0) is 61.9 Å². The number of nitrogens with one attached hydrogen (secondary N) is 1. The van der Waals surface area contributed by atoms with E-state index in [0.717, 1.165) is 41.6 Å². The fourth-order valence-electron chi connectivity index (χ4n) is 2.85. The fraction of sp³-hybridized carbons (Fsp3) is 0.412. The van der Waals surface area contributed by atoms with Gasteiger partial charge in [-0.1, -0.05) is 6.07 Å². The molecule has 2 aromatic rings. The first-order valence-electron chi connectivity index (χ1n) is 8.04. The highest BCUT2D eigenvalue weighted by Crippen LogP contribution is 2.17. The van der Waals surface area contributed by atoms with Crippen LogP contribution in [-0.2, 0) is 29.4 Å². The maximum atomic E-state index is 12.3. The van der Waals surface area contributed by atoms with E-state index in [-0.39, 0.29) is 23.5 Å². The van der Waals surface area contributed by atoms with Crippen molar-refractivity contribution in [1.82, 2.24) is 14.5 Å². The van der Waals surface area contributed by atoms with E-state index in [2.05, 4.69) is 9.82 Å². The van der Waals surface area contributed by atoms with Gasteiger partial charge >= 0.3 is 0 Å². The van der Waals surface area contributed by atoms with E-state index in [1.54, 1.807) is 24.3 Å². The lowest BCUT2D eigenvalue weighted by molar-refractivity contribution is 0.541. The van der Waals surface area contributed by atoms with E-state index >= 15 is 0 Å². The molecule has 1 aromatic carbocycles. The second kappa shape index (κ2) is 6.49. The van der Waals surface area contributed by atoms with Gasteiger partial charge < -0.3 is 0 Å². The van der Waals surface area contributed by atoms with Crippen molar-refractivity contribution >= 4 is 10.0 Å². The number of fused-ring (bicyclic) bond motifs is 1. The summed E-state index contributed by atoms with van der Waals surface area (Å²) in [5.74, 6) is 0. The zero-order chi connectivity index (χ0) is 17.3. The van der Waals surface area contributed by atoms with Gasteiger partial charge in [-0.25, -0.2) is 17.8 Å². The first kappa shape index (κ1) is 16.9. The zero-order valence-electron chi connectivity index (χ0n) is 13.9. The Labute approximate surface area is 141 Å². The molecule has 0 bridgehead atoms. The second-order valence-corrected chi connectivity index (χ2v) is 7.94. The molecule has 1 aliphatic carbocycles. The van der Waals surface area contributed by atoms with Gasteiger partial charge in [0.2, 0.25) is 10.0 Å². The normalized spacial score (nSPS) is 13.9. The van der Waals surface area contributed by atoms with E-state index in [1.807, 2.05) is 13.8 Å². The maximum absolute atomic E-state index is 12.3. The van der Waals surface area contributed by atoms with Crippen LogP contribution in [-0.4, -0.2) is 24.7 Å². The molecule has 7 heteroatoms. The molecule has 0 unspecified atom stereocenters. The minimum atomic E-state index is -3.59. The van der Waals surface area contributed by atoms with Gasteiger partial charge in [0.05, 0.1) is 17.1 Å². The van der Waals surface area contributed by atoms with Crippen molar-refractivity contribution in [1.29, 1.82) is 0 Å². The lowest BCUT2D eigenvalue weighted by Gasteiger charge is -2.10. The van der Waals surface area contributed by atoms with E-state index in [1.165, 1.54) is 4.68 Å². The summed E-state index contributed by atoms with van der Waals surface area (Å²) in [6, 6.07) is 6.64. The summed E-state index contributed by atoms with van der Waals surface area (Å²) < 4.78 is 28.6. The van der Waals surface area contributed by atoms with Crippen LogP contribution < -0.4 is 10.3 Å². The Kier molecular flexibility index (Phi) is 4.56. The van der Waals surface area contributed by atoms with Gasteiger partial charge in [0.15, 0.2) is 0 Å². The molecule has 1 aliphatic rings. The highest BCUT2D eigenvalue weighted by atomic mass is 32.2. The van der Waals surface area contributed by atoms with Crippen LogP contribution in [0.5, 0.6) is 0 Å². The van der Waals surface area contributed by atoms with Crippen LogP contribution in [0.3, 0.4) is 0 Å². The molecule has 0 spiro atoms. The molecule has 0 radical (unpaired) electrons. The van der Waals surface area contributed by atoms with Gasteiger partial charge in [-0.15, -0.1) is 0 Å². The lowest BCUT2D eigenvalue weighted by Crippen LogP contribution is -2.32. The molecule has 0 fully saturated rings. The lowest BCUT2D eigenvalue weighted by atomic mass is 10.1. The smallest absolute Gasteiger partial charge is 0.267 e. The van der Waals surface area contributed by atoms with Crippen molar-refractivity contribution in [2.24, 2.45) is 0 Å². The maximum Gasteiger partial charge on any atom is 0.267 e. The third kappa shape index (κ3) is 3.42. The Bertz CT molecular complexity index is 933. The van der Waals surface area contributed by atoms with Crippen LogP contribution in [0.1, 0.15) is 28.8 Å². The Hall–Kier alpha value is -1.99. The molecular formula is C17H21N3O3S. The number of nitrogens with zero attached hydrogens (tertiary/aromatic N) is 2. The summed E-state index contributed by atoms with van der Waals surface area (Å²) in [5, 5.41) is 4.34. The monoisotopic (exact) mass is 347 g/mol. The molecule has 3 rings (SSSR count). The summed E-state index contributed by atoms with van der Waals surface area (Å²) in [4.78, 5) is 12.2. The predicted molar refractivity (Wildman–Crippen MR) is 91.6 cm³/mol. The molecule has 1 N–H and O–H groups in total. The molecule has 128 valence electrons. The Morgan fingerprint density at radius 1 is 1.17 bits per heavy atom.